The van der Waals surface area contributed by atoms with E-state index in [2.05, 4.69) is 20.6 Å². The number of hydrazine groups is 1. The molecule has 9 nitrogen and oxygen atoms in total. The maximum absolute atomic E-state index is 11.6. The maximum Gasteiger partial charge on any atom is 0.331 e. The van der Waals surface area contributed by atoms with Gasteiger partial charge in [-0.1, -0.05) is 0 Å². The van der Waals surface area contributed by atoms with E-state index in [1.807, 2.05) is 0 Å². The summed E-state index contributed by atoms with van der Waals surface area (Å²) in [4.78, 5) is 36.3. The van der Waals surface area contributed by atoms with E-state index < -0.39 is 29.4 Å². The summed E-state index contributed by atoms with van der Waals surface area (Å²) in [6, 6.07) is 1.80. The molecule has 0 aliphatic heterocycles. The Labute approximate surface area is 108 Å². The molecule has 0 bridgehead atoms. The summed E-state index contributed by atoms with van der Waals surface area (Å²) >= 11 is 0. The Bertz CT molecular complexity index is 464. The molecule has 1 aromatic heterocycles. The van der Waals surface area contributed by atoms with E-state index in [9.17, 15) is 19.7 Å². The second-order valence-corrected chi connectivity index (χ2v) is 3.43. The topological polar surface area (TPSA) is 123 Å². The Morgan fingerprint density at radius 3 is 2.84 bits per heavy atom. The van der Waals surface area contributed by atoms with Gasteiger partial charge >= 0.3 is 5.97 Å². The van der Waals surface area contributed by atoms with Crippen LogP contribution >= 0.6 is 0 Å². The highest BCUT2D eigenvalue weighted by atomic mass is 16.6. The first kappa shape index (κ1) is 14.5. The number of carbonyl (C=O) groups excluding carboxylic acids is 2. The Balaban J connectivity index is 2.59. The van der Waals surface area contributed by atoms with Crippen LogP contribution in [-0.2, 0) is 9.53 Å². The summed E-state index contributed by atoms with van der Waals surface area (Å²) in [5, 5.41) is 10.4. The molecule has 0 spiro atoms. The van der Waals surface area contributed by atoms with Crippen molar-refractivity contribution in [1.82, 2.24) is 15.8 Å². The van der Waals surface area contributed by atoms with Gasteiger partial charge in [-0.3, -0.25) is 30.1 Å². The molecule has 1 heterocycles. The number of methoxy groups -OCH3 is 1. The van der Waals surface area contributed by atoms with Gasteiger partial charge in [0.05, 0.1) is 12.7 Å². The number of carbonyl (C=O) groups is 2. The number of amides is 1. The standard InChI is InChI=1S/C10H12N4O5/c1-19-10(16)8(6-14(17)18)12-13-9(15)7-3-2-4-11-5-7/h2-5,8,12H,6H2,1H3,(H,13,15). The lowest BCUT2D eigenvalue weighted by molar-refractivity contribution is -0.482. The zero-order valence-corrected chi connectivity index (χ0v) is 10.0. The quantitative estimate of drug-likeness (QED) is 0.390. The summed E-state index contributed by atoms with van der Waals surface area (Å²) in [5.41, 5.74) is 4.69. The Morgan fingerprint density at radius 2 is 2.32 bits per heavy atom. The lowest BCUT2D eigenvalue weighted by Crippen LogP contribution is -2.51. The molecule has 0 aliphatic carbocycles. The van der Waals surface area contributed by atoms with Crippen LogP contribution in [0.5, 0.6) is 0 Å². The number of nitrogens with zero attached hydrogens (tertiary/aromatic N) is 2. The van der Waals surface area contributed by atoms with E-state index in [1.54, 1.807) is 6.07 Å². The van der Waals surface area contributed by atoms with E-state index in [0.29, 0.717) is 0 Å². The van der Waals surface area contributed by atoms with E-state index >= 15 is 0 Å². The SMILES string of the molecule is COC(=O)C(C[N+](=O)[O-])NNC(=O)c1cccnc1. The van der Waals surface area contributed by atoms with Gasteiger partial charge in [-0.2, -0.15) is 0 Å². The molecule has 0 saturated heterocycles. The second kappa shape index (κ2) is 7.01. The lowest BCUT2D eigenvalue weighted by atomic mass is 10.3. The Morgan fingerprint density at radius 1 is 1.58 bits per heavy atom. The summed E-state index contributed by atoms with van der Waals surface area (Å²) in [7, 11) is 1.10. The number of nitrogens with one attached hydrogen (secondary N) is 2. The summed E-state index contributed by atoms with van der Waals surface area (Å²) < 4.78 is 4.38. The van der Waals surface area contributed by atoms with Crippen molar-refractivity contribution in [2.45, 2.75) is 6.04 Å². The molecule has 9 heteroatoms. The van der Waals surface area contributed by atoms with Gasteiger partial charge in [0.2, 0.25) is 6.54 Å². The van der Waals surface area contributed by atoms with Crippen molar-refractivity contribution in [1.29, 1.82) is 0 Å². The molecule has 1 unspecified atom stereocenters. The lowest BCUT2D eigenvalue weighted by Gasteiger charge is -2.13. The minimum absolute atomic E-state index is 0.250. The van der Waals surface area contributed by atoms with Crippen LogP contribution in [0, 0.1) is 10.1 Å². The van der Waals surface area contributed by atoms with Gasteiger partial charge < -0.3 is 4.74 Å². The number of nitro groups is 1. The molecular formula is C10H12N4O5. The fourth-order valence-electron chi connectivity index (χ4n) is 1.19. The summed E-state index contributed by atoms with van der Waals surface area (Å²) in [6.07, 6.45) is 2.81. The fourth-order valence-corrected chi connectivity index (χ4v) is 1.19. The third kappa shape index (κ3) is 4.68. The van der Waals surface area contributed by atoms with Crippen molar-refractivity contribution in [3.8, 4) is 0 Å². The van der Waals surface area contributed by atoms with Gasteiger partial charge in [-0.25, -0.2) is 5.43 Å². The fraction of sp³-hybridized carbons (Fsp3) is 0.300. The van der Waals surface area contributed by atoms with Crippen molar-refractivity contribution in [2.24, 2.45) is 0 Å². The molecule has 1 amide bonds. The van der Waals surface area contributed by atoms with Crippen LogP contribution in [-0.4, -0.2) is 41.5 Å². The van der Waals surface area contributed by atoms with Crippen LogP contribution < -0.4 is 10.9 Å². The predicted octanol–water partition coefficient (Wildman–Crippen LogP) is -0.866. The summed E-state index contributed by atoms with van der Waals surface area (Å²) in [5.74, 6) is -1.41. The van der Waals surface area contributed by atoms with Gasteiger partial charge in [0.25, 0.3) is 5.91 Å². The average Bonchev–Trinajstić information content (AvgIpc) is 2.42. The van der Waals surface area contributed by atoms with Gasteiger partial charge in [0.15, 0.2) is 6.04 Å². The highest BCUT2D eigenvalue weighted by molar-refractivity contribution is 5.93. The Hall–Kier alpha value is -2.55. The van der Waals surface area contributed by atoms with E-state index in [0.717, 1.165) is 7.11 Å². The van der Waals surface area contributed by atoms with Gasteiger partial charge in [-0.15, -0.1) is 0 Å². The maximum atomic E-state index is 11.6. The zero-order valence-electron chi connectivity index (χ0n) is 10.0. The predicted molar refractivity (Wildman–Crippen MR) is 62.5 cm³/mol. The highest BCUT2D eigenvalue weighted by Crippen LogP contribution is 1.95. The van der Waals surface area contributed by atoms with Crippen LogP contribution in [0.3, 0.4) is 0 Å². The molecule has 1 atom stereocenters. The third-order valence-electron chi connectivity index (χ3n) is 2.10. The van der Waals surface area contributed by atoms with Crippen LogP contribution in [0.4, 0.5) is 0 Å². The molecule has 102 valence electrons. The molecule has 19 heavy (non-hydrogen) atoms. The molecular weight excluding hydrogens is 256 g/mol. The van der Waals surface area contributed by atoms with Crippen molar-refractivity contribution < 1.29 is 19.2 Å². The van der Waals surface area contributed by atoms with Gasteiger partial charge in [0, 0.05) is 17.3 Å². The third-order valence-corrected chi connectivity index (χ3v) is 2.10. The molecule has 1 aromatic rings. The number of esters is 1. The number of pyridine rings is 1. The van der Waals surface area contributed by atoms with E-state index in [1.165, 1.54) is 18.5 Å². The van der Waals surface area contributed by atoms with Crippen molar-refractivity contribution in [3.05, 3.63) is 40.2 Å². The molecule has 1 rings (SSSR count). The van der Waals surface area contributed by atoms with Crippen LogP contribution in [0.25, 0.3) is 0 Å². The first-order valence-electron chi connectivity index (χ1n) is 5.20. The first-order chi connectivity index (χ1) is 9.04. The number of hydrogen-bond acceptors (Lipinski definition) is 7. The minimum atomic E-state index is -1.26. The van der Waals surface area contributed by atoms with Crippen molar-refractivity contribution in [3.63, 3.8) is 0 Å². The molecule has 0 radical (unpaired) electrons. The first-order valence-corrected chi connectivity index (χ1v) is 5.20. The van der Waals surface area contributed by atoms with Crippen molar-refractivity contribution >= 4 is 11.9 Å². The van der Waals surface area contributed by atoms with Gasteiger partial charge in [-0.05, 0) is 12.1 Å². The molecule has 0 fully saturated rings. The van der Waals surface area contributed by atoms with Gasteiger partial charge in [0.1, 0.15) is 0 Å². The van der Waals surface area contributed by atoms with Crippen LogP contribution in [0.1, 0.15) is 10.4 Å². The van der Waals surface area contributed by atoms with E-state index in [4.69, 9.17) is 0 Å². The second-order valence-electron chi connectivity index (χ2n) is 3.43. The summed E-state index contributed by atoms with van der Waals surface area (Å²) in [6.45, 7) is -0.708. The number of rotatable bonds is 6. The molecule has 0 aromatic carbocycles. The smallest absolute Gasteiger partial charge is 0.331 e. The van der Waals surface area contributed by atoms with Crippen molar-refractivity contribution in [2.75, 3.05) is 13.7 Å². The Kier molecular flexibility index (Phi) is 5.35. The molecule has 0 saturated carbocycles. The number of ether oxygens (including phenoxy) is 1. The van der Waals surface area contributed by atoms with E-state index in [-0.39, 0.29) is 5.56 Å². The minimum Gasteiger partial charge on any atom is -0.468 e. The normalized spacial score (nSPS) is 11.4. The zero-order chi connectivity index (χ0) is 14.3. The largest absolute Gasteiger partial charge is 0.468 e. The number of aromatic nitrogens is 1. The van der Waals surface area contributed by atoms with Crippen LogP contribution in [0.15, 0.2) is 24.5 Å². The molecule has 0 aliphatic rings. The van der Waals surface area contributed by atoms with Crippen LogP contribution in [0.2, 0.25) is 0 Å². The highest BCUT2D eigenvalue weighted by Gasteiger charge is 2.25. The number of hydrogen-bond donors (Lipinski definition) is 2. The average molecular weight is 268 g/mol. The monoisotopic (exact) mass is 268 g/mol. The molecule has 2 N–H and O–H groups in total.